The Morgan fingerprint density at radius 2 is 2.31 bits per heavy atom. The lowest BCUT2D eigenvalue weighted by atomic mass is 9.75. The van der Waals surface area contributed by atoms with Crippen LogP contribution in [0.1, 0.15) is 25.7 Å². The number of hydrogen-bond acceptors (Lipinski definition) is 3. The van der Waals surface area contributed by atoms with Crippen molar-refractivity contribution in [3.63, 3.8) is 0 Å². The standard InChI is InChI=1S/C11H14FN3O/c12-8-3-1-4-9(14-8)15-10(16)7-11(13)5-2-6-11/h1,3-4H,2,5-7,13H2,(H,14,15,16). The number of amides is 1. The molecule has 0 radical (unpaired) electrons. The third kappa shape index (κ3) is 2.55. The Labute approximate surface area is 93.1 Å². The first-order valence-corrected chi connectivity index (χ1v) is 5.29. The van der Waals surface area contributed by atoms with Gasteiger partial charge in [0.1, 0.15) is 5.82 Å². The molecule has 0 unspecified atom stereocenters. The minimum Gasteiger partial charge on any atom is -0.325 e. The Bertz CT molecular complexity index is 404. The number of carbonyl (C=O) groups excluding carboxylic acids is 1. The number of aromatic nitrogens is 1. The van der Waals surface area contributed by atoms with Gasteiger partial charge in [0, 0.05) is 12.0 Å². The van der Waals surface area contributed by atoms with Gasteiger partial charge >= 0.3 is 0 Å². The maximum absolute atomic E-state index is 12.7. The zero-order chi connectivity index (χ0) is 11.6. The van der Waals surface area contributed by atoms with Crippen LogP contribution in [-0.4, -0.2) is 16.4 Å². The van der Waals surface area contributed by atoms with E-state index in [-0.39, 0.29) is 23.7 Å². The molecular weight excluding hydrogens is 209 g/mol. The summed E-state index contributed by atoms with van der Waals surface area (Å²) in [5, 5.41) is 2.54. The van der Waals surface area contributed by atoms with Crippen molar-refractivity contribution in [3.05, 3.63) is 24.1 Å². The molecule has 0 aliphatic heterocycles. The van der Waals surface area contributed by atoms with Crippen molar-refractivity contribution in [2.75, 3.05) is 5.32 Å². The molecule has 16 heavy (non-hydrogen) atoms. The van der Waals surface area contributed by atoms with Crippen LogP contribution in [0.2, 0.25) is 0 Å². The predicted octanol–water partition coefficient (Wildman–Crippen LogP) is 1.43. The number of halogens is 1. The number of rotatable bonds is 3. The molecule has 0 saturated heterocycles. The number of hydrogen-bond donors (Lipinski definition) is 2. The average Bonchev–Trinajstić information content (AvgIpc) is 2.15. The molecule has 1 amide bonds. The van der Waals surface area contributed by atoms with E-state index in [1.807, 2.05) is 0 Å². The largest absolute Gasteiger partial charge is 0.325 e. The lowest BCUT2D eigenvalue weighted by Crippen LogP contribution is -2.48. The van der Waals surface area contributed by atoms with Crippen molar-refractivity contribution in [3.8, 4) is 0 Å². The number of nitrogens with zero attached hydrogens (tertiary/aromatic N) is 1. The molecule has 4 nitrogen and oxygen atoms in total. The number of anilines is 1. The fourth-order valence-corrected chi connectivity index (χ4v) is 1.79. The highest BCUT2D eigenvalue weighted by atomic mass is 19.1. The zero-order valence-electron chi connectivity index (χ0n) is 8.87. The highest BCUT2D eigenvalue weighted by molar-refractivity contribution is 5.90. The summed E-state index contributed by atoms with van der Waals surface area (Å²) < 4.78 is 12.7. The number of pyridine rings is 1. The van der Waals surface area contributed by atoms with Crippen LogP contribution in [0.5, 0.6) is 0 Å². The molecule has 0 atom stereocenters. The van der Waals surface area contributed by atoms with Gasteiger partial charge in [-0.25, -0.2) is 4.98 Å². The Balaban J connectivity index is 1.92. The van der Waals surface area contributed by atoms with Crippen LogP contribution in [0.3, 0.4) is 0 Å². The molecule has 1 aromatic heterocycles. The van der Waals surface area contributed by atoms with E-state index in [0.29, 0.717) is 0 Å². The monoisotopic (exact) mass is 223 g/mol. The van der Waals surface area contributed by atoms with Crippen molar-refractivity contribution < 1.29 is 9.18 Å². The van der Waals surface area contributed by atoms with E-state index in [2.05, 4.69) is 10.3 Å². The van der Waals surface area contributed by atoms with Gasteiger partial charge in [-0.3, -0.25) is 4.79 Å². The Kier molecular flexibility index (Phi) is 2.87. The first-order valence-electron chi connectivity index (χ1n) is 5.29. The molecule has 1 fully saturated rings. The summed E-state index contributed by atoms with van der Waals surface area (Å²) in [6, 6.07) is 4.27. The number of nitrogens with one attached hydrogen (secondary N) is 1. The molecule has 5 heteroatoms. The minimum atomic E-state index is -0.607. The highest BCUT2D eigenvalue weighted by Gasteiger charge is 2.34. The smallest absolute Gasteiger partial charge is 0.227 e. The molecule has 1 aliphatic rings. The molecular formula is C11H14FN3O. The molecule has 1 saturated carbocycles. The van der Waals surface area contributed by atoms with Gasteiger partial charge in [-0.2, -0.15) is 4.39 Å². The zero-order valence-corrected chi connectivity index (χ0v) is 8.87. The van der Waals surface area contributed by atoms with E-state index in [4.69, 9.17) is 5.73 Å². The van der Waals surface area contributed by atoms with Gasteiger partial charge < -0.3 is 11.1 Å². The fourth-order valence-electron chi connectivity index (χ4n) is 1.79. The van der Waals surface area contributed by atoms with E-state index in [9.17, 15) is 9.18 Å². The lowest BCUT2D eigenvalue weighted by molar-refractivity contribution is -0.118. The third-order valence-corrected chi connectivity index (χ3v) is 2.84. The summed E-state index contributed by atoms with van der Waals surface area (Å²) in [5.41, 5.74) is 5.57. The van der Waals surface area contributed by atoms with Crippen LogP contribution in [0.4, 0.5) is 10.2 Å². The molecule has 2 rings (SSSR count). The average molecular weight is 223 g/mol. The molecule has 86 valence electrons. The van der Waals surface area contributed by atoms with E-state index in [1.165, 1.54) is 12.1 Å². The summed E-state index contributed by atoms with van der Waals surface area (Å²) in [6.45, 7) is 0. The van der Waals surface area contributed by atoms with Crippen molar-refractivity contribution in [1.82, 2.24) is 4.98 Å². The van der Waals surface area contributed by atoms with Crippen LogP contribution < -0.4 is 11.1 Å². The van der Waals surface area contributed by atoms with Crippen molar-refractivity contribution in [2.45, 2.75) is 31.2 Å². The Morgan fingerprint density at radius 1 is 1.56 bits per heavy atom. The molecule has 0 bridgehead atoms. The normalized spacial score (nSPS) is 17.6. The number of carbonyl (C=O) groups is 1. The molecule has 1 heterocycles. The van der Waals surface area contributed by atoms with Gasteiger partial charge in [0.05, 0.1) is 0 Å². The maximum Gasteiger partial charge on any atom is 0.227 e. The van der Waals surface area contributed by atoms with Crippen LogP contribution in [0.25, 0.3) is 0 Å². The van der Waals surface area contributed by atoms with E-state index < -0.39 is 5.95 Å². The molecule has 0 spiro atoms. The number of nitrogens with two attached hydrogens (primary N) is 1. The van der Waals surface area contributed by atoms with Crippen LogP contribution in [0.15, 0.2) is 18.2 Å². The lowest BCUT2D eigenvalue weighted by Gasteiger charge is -2.37. The Hall–Kier alpha value is -1.49. The van der Waals surface area contributed by atoms with Gasteiger partial charge in [-0.1, -0.05) is 6.07 Å². The van der Waals surface area contributed by atoms with Crippen molar-refractivity contribution in [2.24, 2.45) is 5.73 Å². The van der Waals surface area contributed by atoms with E-state index in [0.717, 1.165) is 19.3 Å². The first kappa shape index (κ1) is 11.0. The van der Waals surface area contributed by atoms with Crippen LogP contribution in [0, 0.1) is 5.95 Å². The fraction of sp³-hybridized carbons (Fsp3) is 0.455. The summed E-state index contributed by atoms with van der Waals surface area (Å²) in [7, 11) is 0. The molecule has 1 aromatic rings. The summed E-state index contributed by atoms with van der Waals surface area (Å²) in [5.74, 6) is -0.586. The first-order chi connectivity index (χ1) is 7.57. The summed E-state index contributed by atoms with van der Waals surface area (Å²) >= 11 is 0. The topological polar surface area (TPSA) is 68.0 Å². The van der Waals surface area contributed by atoms with Crippen LogP contribution in [-0.2, 0) is 4.79 Å². The highest BCUT2D eigenvalue weighted by Crippen LogP contribution is 2.32. The summed E-state index contributed by atoms with van der Waals surface area (Å²) in [4.78, 5) is 15.1. The predicted molar refractivity (Wildman–Crippen MR) is 58.2 cm³/mol. The summed E-state index contributed by atoms with van der Waals surface area (Å²) in [6.07, 6.45) is 3.08. The van der Waals surface area contributed by atoms with Crippen molar-refractivity contribution >= 4 is 11.7 Å². The molecule has 0 aromatic carbocycles. The van der Waals surface area contributed by atoms with Gasteiger partial charge in [0.15, 0.2) is 0 Å². The van der Waals surface area contributed by atoms with E-state index in [1.54, 1.807) is 6.07 Å². The molecule has 3 N–H and O–H groups in total. The quantitative estimate of drug-likeness (QED) is 0.762. The SMILES string of the molecule is NC1(CC(=O)Nc2cccc(F)n2)CCC1. The van der Waals surface area contributed by atoms with Crippen molar-refractivity contribution in [1.29, 1.82) is 0 Å². The van der Waals surface area contributed by atoms with Gasteiger partial charge in [0.25, 0.3) is 0 Å². The van der Waals surface area contributed by atoms with Gasteiger partial charge in [0.2, 0.25) is 11.9 Å². The second-order valence-electron chi connectivity index (χ2n) is 4.29. The maximum atomic E-state index is 12.7. The third-order valence-electron chi connectivity index (χ3n) is 2.84. The molecule has 1 aliphatic carbocycles. The van der Waals surface area contributed by atoms with E-state index >= 15 is 0 Å². The van der Waals surface area contributed by atoms with Gasteiger partial charge in [-0.05, 0) is 31.4 Å². The van der Waals surface area contributed by atoms with Gasteiger partial charge in [-0.15, -0.1) is 0 Å². The second kappa shape index (κ2) is 4.17. The Morgan fingerprint density at radius 3 is 2.88 bits per heavy atom. The second-order valence-corrected chi connectivity index (χ2v) is 4.29. The minimum absolute atomic E-state index is 0.208. The van der Waals surface area contributed by atoms with Crippen LogP contribution >= 0.6 is 0 Å².